The highest BCUT2D eigenvalue weighted by atomic mass is 127. The molecule has 9 heteroatoms. The van der Waals surface area contributed by atoms with Gasteiger partial charge in [-0.3, -0.25) is 9.67 Å². The van der Waals surface area contributed by atoms with Crippen LogP contribution < -0.4 is 10.1 Å². The minimum atomic E-state index is -0.695. The molecule has 0 bridgehead atoms. The summed E-state index contributed by atoms with van der Waals surface area (Å²) in [6.07, 6.45) is 3.07. The number of hydrogen-bond acceptors (Lipinski definition) is 5. The Hall–Kier alpha value is -1.85. The van der Waals surface area contributed by atoms with Crippen LogP contribution in [0.15, 0.2) is 41.7 Å². The number of methoxy groups -OCH3 is 1. The summed E-state index contributed by atoms with van der Waals surface area (Å²) in [4.78, 5) is 6.84. The van der Waals surface area contributed by atoms with Gasteiger partial charge in [-0.15, -0.1) is 24.0 Å². The van der Waals surface area contributed by atoms with Crippen LogP contribution in [-0.4, -0.2) is 65.6 Å². The van der Waals surface area contributed by atoms with Crippen LogP contribution in [-0.2, 0) is 11.8 Å². The summed E-state index contributed by atoms with van der Waals surface area (Å²) >= 11 is 0. The second kappa shape index (κ2) is 11.4. The number of halogens is 1. The van der Waals surface area contributed by atoms with Crippen molar-refractivity contribution >= 4 is 29.9 Å². The molecular formula is C20H30IN5O3. The second-order valence-electron chi connectivity index (χ2n) is 6.74. The number of aliphatic imine (C=N–C) groups is 1. The number of nitrogens with one attached hydrogen (secondary N) is 1. The molecule has 2 atom stereocenters. The molecular weight excluding hydrogens is 485 g/mol. The zero-order valence-electron chi connectivity index (χ0n) is 17.1. The fourth-order valence-corrected chi connectivity index (χ4v) is 3.20. The Morgan fingerprint density at radius 3 is 3.00 bits per heavy atom. The Morgan fingerprint density at radius 1 is 1.48 bits per heavy atom. The van der Waals surface area contributed by atoms with Crippen molar-refractivity contribution in [3.63, 3.8) is 0 Å². The van der Waals surface area contributed by atoms with Crippen LogP contribution in [0.25, 0.3) is 0 Å². The number of aryl methyl sites for hydroxylation is 1. The van der Waals surface area contributed by atoms with E-state index in [0.29, 0.717) is 13.2 Å². The van der Waals surface area contributed by atoms with Gasteiger partial charge in [0, 0.05) is 31.9 Å². The average molecular weight is 515 g/mol. The quantitative estimate of drug-likeness (QED) is 0.349. The highest BCUT2D eigenvalue weighted by Gasteiger charge is 2.25. The lowest BCUT2D eigenvalue weighted by atomic mass is 10.1. The van der Waals surface area contributed by atoms with Gasteiger partial charge in [0.25, 0.3) is 0 Å². The Bertz CT molecular complexity index is 798. The SMILES string of the molecule is CCNC(=NCC(O)c1cccc(OC)c1)N1CCOC(c2cnn(C)c2)C1.I. The van der Waals surface area contributed by atoms with Gasteiger partial charge < -0.3 is 24.8 Å². The molecule has 1 aromatic carbocycles. The van der Waals surface area contributed by atoms with Gasteiger partial charge >= 0.3 is 0 Å². The molecule has 8 nitrogen and oxygen atoms in total. The molecule has 2 unspecified atom stereocenters. The van der Waals surface area contributed by atoms with Crippen LogP contribution >= 0.6 is 24.0 Å². The topological polar surface area (TPSA) is 84.1 Å². The minimum absolute atomic E-state index is 0. The number of aliphatic hydroxyl groups is 1. The summed E-state index contributed by atoms with van der Waals surface area (Å²) in [7, 11) is 3.51. The molecule has 0 aliphatic carbocycles. The van der Waals surface area contributed by atoms with E-state index in [4.69, 9.17) is 9.47 Å². The lowest BCUT2D eigenvalue weighted by Gasteiger charge is -2.35. The number of aliphatic hydroxyl groups excluding tert-OH is 1. The first-order chi connectivity index (χ1) is 13.6. The van der Waals surface area contributed by atoms with Crippen LogP contribution in [0.4, 0.5) is 0 Å². The lowest BCUT2D eigenvalue weighted by molar-refractivity contribution is -0.00811. The lowest BCUT2D eigenvalue weighted by Crippen LogP contribution is -2.48. The van der Waals surface area contributed by atoms with Crippen LogP contribution in [0.2, 0.25) is 0 Å². The Labute approximate surface area is 188 Å². The Kier molecular flexibility index (Phi) is 9.18. The monoisotopic (exact) mass is 515 g/mol. The maximum atomic E-state index is 10.5. The van der Waals surface area contributed by atoms with Gasteiger partial charge in [-0.2, -0.15) is 5.10 Å². The van der Waals surface area contributed by atoms with Crippen LogP contribution in [0, 0.1) is 0 Å². The molecule has 2 N–H and O–H groups in total. The summed E-state index contributed by atoms with van der Waals surface area (Å²) in [6.45, 7) is 5.10. The number of guanidine groups is 1. The second-order valence-corrected chi connectivity index (χ2v) is 6.74. The molecule has 29 heavy (non-hydrogen) atoms. The van der Waals surface area contributed by atoms with Crippen LogP contribution in [0.1, 0.15) is 30.3 Å². The van der Waals surface area contributed by atoms with E-state index >= 15 is 0 Å². The Morgan fingerprint density at radius 2 is 2.31 bits per heavy atom. The van der Waals surface area contributed by atoms with Gasteiger partial charge in [0.2, 0.25) is 0 Å². The first kappa shape index (κ1) is 23.4. The van der Waals surface area contributed by atoms with Crippen molar-refractivity contribution in [3.8, 4) is 5.75 Å². The molecule has 1 aliphatic heterocycles. The number of morpholine rings is 1. The third kappa shape index (κ3) is 6.31. The van der Waals surface area contributed by atoms with Gasteiger partial charge in [0.05, 0.1) is 39.1 Å². The number of benzene rings is 1. The normalized spacial score (nSPS) is 18.1. The molecule has 2 aromatic rings. The zero-order valence-corrected chi connectivity index (χ0v) is 19.4. The molecule has 0 saturated carbocycles. The molecule has 1 aromatic heterocycles. The first-order valence-corrected chi connectivity index (χ1v) is 9.56. The largest absolute Gasteiger partial charge is 0.497 e. The van der Waals surface area contributed by atoms with E-state index in [9.17, 15) is 5.11 Å². The zero-order chi connectivity index (χ0) is 19.9. The maximum absolute atomic E-state index is 10.5. The summed E-state index contributed by atoms with van der Waals surface area (Å²) in [5, 5.41) is 18.1. The van der Waals surface area contributed by atoms with Gasteiger partial charge in [0.15, 0.2) is 5.96 Å². The van der Waals surface area contributed by atoms with Crippen LogP contribution in [0.5, 0.6) is 5.75 Å². The van der Waals surface area contributed by atoms with Gasteiger partial charge in [-0.25, -0.2) is 0 Å². The fraction of sp³-hybridized carbons (Fsp3) is 0.500. The molecule has 3 rings (SSSR count). The third-order valence-corrected chi connectivity index (χ3v) is 4.69. The highest BCUT2D eigenvalue weighted by Crippen LogP contribution is 2.22. The van der Waals surface area contributed by atoms with E-state index in [0.717, 1.165) is 35.9 Å². The molecule has 160 valence electrons. The van der Waals surface area contributed by atoms with Gasteiger partial charge in [-0.05, 0) is 24.6 Å². The molecule has 2 heterocycles. The van der Waals surface area contributed by atoms with Crippen molar-refractivity contribution in [3.05, 3.63) is 47.8 Å². The predicted octanol–water partition coefficient (Wildman–Crippen LogP) is 2.12. The van der Waals surface area contributed by atoms with E-state index in [2.05, 4.69) is 20.3 Å². The van der Waals surface area contributed by atoms with E-state index in [-0.39, 0.29) is 36.6 Å². The summed E-state index contributed by atoms with van der Waals surface area (Å²) in [5.41, 5.74) is 1.84. The number of ether oxygens (including phenoxy) is 2. The highest BCUT2D eigenvalue weighted by molar-refractivity contribution is 14.0. The maximum Gasteiger partial charge on any atom is 0.194 e. The molecule has 0 spiro atoms. The molecule has 1 saturated heterocycles. The fourth-order valence-electron chi connectivity index (χ4n) is 3.20. The smallest absolute Gasteiger partial charge is 0.194 e. The number of aromatic nitrogens is 2. The van der Waals surface area contributed by atoms with E-state index < -0.39 is 6.10 Å². The standard InChI is InChI=1S/C20H29N5O3.HI/c1-4-21-20(22-12-18(26)15-6-5-7-17(10-15)27-3)25-8-9-28-19(14-25)16-11-23-24(2)13-16;/h5-7,10-11,13,18-19,26H,4,8-9,12,14H2,1-3H3,(H,21,22);1H. The van der Waals surface area contributed by atoms with Crippen molar-refractivity contribution in [2.45, 2.75) is 19.1 Å². The minimum Gasteiger partial charge on any atom is -0.497 e. The van der Waals surface area contributed by atoms with Crippen LogP contribution in [0.3, 0.4) is 0 Å². The molecule has 1 fully saturated rings. The van der Waals surface area contributed by atoms with Gasteiger partial charge in [-0.1, -0.05) is 12.1 Å². The number of rotatable bonds is 6. The average Bonchev–Trinajstić information content (AvgIpc) is 3.17. The molecule has 0 amide bonds. The summed E-state index contributed by atoms with van der Waals surface area (Å²) < 4.78 is 12.9. The van der Waals surface area contributed by atoms with Crippen molar-refractivity contribution < 1.29 is 14.6 Å². The Balaban J connectivity index is 0.00000300. The number of nitrogens with zero attached hydrogens (tertiary/aromatic N) is 4. The van der Waals surface area contributed by atoms with Crippen molar-refractivity contribution in [1.29, 1.82) is 0 Å². The predicted molar refractivity (Wildman–Crippen MR) is 123 cm³/mol. The van der Waals surface area contributed by atoms with Gasteiger partial charge in [0.1, 0.15) is 11.9 Å². The van der Waals surface area contributed by atoms with E-state index in [1.54, 1.807) is 11.8 Å². The molecule has 1 aliphatic rings. The first-order valence-electron chi connectivity index (χ1n) is 9.56. The summed E-state index contributed by atoms with van der Waals surface area (Å²) in [6, 6.07) is 7.44. The number of hydrogen-bond donors (Lipinski definition) is 2. The van der Waals surface area contributed by atoms with Crippen molar-refractivity contribution in [1.82, 2.24) is 20.0 Å². The van der Waals surface area contributed by atoms with Crippen molar-refractivity contribution in [2.75, 3.05) is 39.9 Å². The van der Waals surface area contributed by atoms with E-state index in [1.807, 2.05) is 50.6 Å². The van der Waals surface area contributed by atoms with E-state index in [1.165, 1.54) is 0 Å². The van der Waals surface area contributed by atoms with Crippen molar-refractivity contribution in [2.24, 2.45) is 12.0 Å². The summed E-state index contributed by atoms with van der Waals surface area (Å²) in [5.74, 6) is 1.50. The third-order valence-electron chi connectivity index (χ3n) is 4.69. The molecule has 0 radical (unpaired) electrons.